The van der Waals surface area contributed by atoms with E-state index in [9.17, 15) is 4.39 Å². The van der Waals surface area contributed by atoms with Crippen LogP contribution in [0.2, 0.25) is 0 Å². The van der Waals surface area contributed by atoms with E-state index >= 15 is 8.78 Å². The van der Waals surface area contributed by atoms with E-state index in [-0.39, 0.29) is 38.4 Å². The molecule has 0 unspecified atom stereocenters. The summed E-state index contributed by atoms with van der Waals surface area (Å²) in [5, 5.41) is 4.16. The molecule has 2 atom stereocenters. The van der Waals surface area contributed by atoms with E-state index in [1.165, 1.54) is 12.3 Å². The summed E-state index contributed by atoms with van der Waals surface area (Å²) >= 11 is 0. The second kappa shape index (κ2) is 10.2. The maximum absolute atomic E-state index is 15.6. The summed E-state index contributed by atoms with van der Waals surface area (Å²) < 4.78 is 53.7. The van der Waals surface area contributed by atoms with Gasteiger partial charge in [0.05, 0.1) is 25.9 Å². The number of aromatic amines is 1. The second-order valence-electron chi connectivity index (χ2n) is 9.52. The molecule has 2 aliphatic rings. The third-order valence-corrected chi connectivity index (χ3v) is 6.87. The van der Waals surface area contributed by atoms with Crippen molar-refractivity contribution < 1.29 is 22.6 Å². The van der Waals surface area contributed by atoms with Gasteiger partial charge in [-0.15, -0.1) is 0 Å². The van der Waals surface area contributed by atoms with E-state index in [0.29, 0.717) is 31.7 Å². The highest BCUT2D eigenvalue weighted by Crippen LogP contribution is 2.43. The van der Waals surface area contributed by atoms with E-state index in [2.05, 4.69) is 28.3 Å². The number of fused-ring (bicyclic) bond motifs is 3. The molecule has 0 bridgehead atoms. The molecule has 0 spiro atoms. The number of aromatic nitrogens is 2. The van der Waals surface area contributed by atoms with Gasteiger partial charge in [0, 0.05) is 53.6 Å². The van der Waals surface area contributed by atoms with Crippen LogP contribution in [-0.4, -0.2) is 72.7 Å². The number of nitrogens with zero attached hydrogens (tertiary/aromatic N) is 2. The summed E-state index contributed by atoms with van der Waals surface area (Å²) in [6, 6.07) is 8.78. The molecule has 2 aromatic heterocycles. The van der Waals surface area contributed by atoms with Crippen molar-refractivity contribution in [3.05, 3.63) is 59.2 Å². The van der Waals surface area contributed by atoms with Crippen molar-refractivity contribution in [2.75, 3.05) is 46.1 Å². The third-order valence-electron chi connectivity index (χ3n) is 6.87. The van der Waals surface area contributed by atoms with Crippen molar-refractivity contribution in [3.63, 3.8) is 0 Å². The standard InChI is InChI=1S/C26H31F3N4O2/c1-17-11-19-18-5-2-3-6-22(18)32-24(19)25(33(17)14-26(29)15-34-16-26)20-13-31-23(12-21(20)28)35-10-9-30-8-4-7-27/h2-3,5-6,12-13,17,25,30,32H,4,7-11,14-16H2,1H3/t17-,25-/m1/s1. The van der Waals surface area contributed by atoms with Gasteiger partial charge < -0.3 is 19.8 Å². The predicted molar refractivity (Wildman–Crippen MR) is 128 cm³/mol. The van der Waals surface area contributed by atoms with E-state index in [4.69, 9.17) is 9.47 Å². The number of halogens is 3. The molecule has 35 heavy (non-hydrogen) atoms. The molecule has 0 aliphatic carbocycles. The second-order valence-corrected chi connectivity index (χ2v) is 9.52. The first-order chi connectivity index (χ1) is 17.0. The number of para-hydroxylation sites is 1. The van der Waals surface area contributed by atoms with Crippen LogP contribution < -0.4 is 10.1 Å². The molecule has 2 aliphatic heterocycles. The van der Waals surface area contributed by atoms with Crippen molar-refractivity contribution >= 4 is 10.9 Å². The number of hydrogen-bond acceptors (Lipinski definition) is 5. The van der Waals surface area contributed by atoms with Crippen LogP contribution in [0.4, 0.5) is 13.2 Å². The molecule has 3 aromatic rings. The molecule has 4 heterocycles. The van der Waals surface area contributed by atoms with Crippen molar-refractivity contribution in [2.45, 2.75) is 37.5 Å². The summed E-state index contributed by atoms with van der Waals surface area (Å²) in [5.41, 5.74) is 1.91. The number of nitrogens with one attached hydrogen (secondary N) is 2. The fourth-order valence-electron chi connectivity index (χ4n) is 5.08. The average molecular weight is 489 g/mol. The largest absolute Gasteiger partial charge is 0.476 e. The first-order valence-corrected chi connectivity index (χ1v) is 12.2. The number of ether oxygens (including phenoxy) is 2. The maximum Gasteiger partial charge on any atom is 0.216 e. The Labute approximate surface area is 202 Å². The summed E-state index contributed by atoms with van der Waals surface area (Å²) in [6.45, 7) is 3.30. The molecular weight excluding hydrogens is 457 g/mol. The molecule has 0 amide bonds. The van der Waals surface area contributed by atoms with Crippen LogP contribution in [0.5, 0.6) is 5.88 Å². The molecule has 0 radical (unpaired) electrons. The van der Waals surface area contributed by atoms with Crippen LogP contribution >= 0.6 is 0 Å². The lowest BCUT2D eigenvalue weighted by molar-refractivity contribution is -0.148. The van der Waals surface area contributed by atoms with E-state index < -0.39 is 17.5 Å². The van der Waals surface area contributed by atoms with Crippen LogP contribution in [0.25, 0.3) is 10.9 Å². The Morgan fingerprint density at radius 2 is 2.11 bits per heavy atom. The Morgan fingerprint density at radius 3 is 2.86 bits per heavy atom. The maximum atomic E-state index is 15.6. The van der Waals surface area contributed by atoms with Gasteiger partial charge in [-0.1, -0.05) is 18.2 Å². The number of benzene rings is 1. The fourth-order valence-corrected chi connectivity index (χ4v) is 5.08. The molecule has 2 N–H and O–H groups in total. The van der Waals surface area contributed by atoms with Crippen molar-refractivity contribution in [1.29, 1.82) is 0 Å². The minimum Gasteiger partial charge on any atom is -0.476 e. The lowest BCUT2D eigenvalue weighted by Crippen LogP contribution is -2.57. The highest BCUT2D eigenvalue weighted by Gasteiger charge is 2.46. The highest BCUT2D eigenvalue weighted by molar-refractivity contribution is 5.85. The quantitative estimate of drug-likeness (QED) is 0.421. The fraction of sp³-hybridized carbons (Fsp3) is 0.500. The number of hydrogen-bond donors (Lipinski definition) is 2. The molecule has 0 saturated carbocycles. The average Bonchev–Trinajstić information content (AvgIpc) is 3.19. The zero-order valence-corrected chi connectivity index (χ0v) is 19.8. The lowest BCUT2D eigenvalue weighted by atomic mass is 9.87. The number of alkyl halides is 2. The van der Waals surface area contributed by atoms with Crippen LogP contribution in [0, 0.1) is 5.82 Å². The van der Waals surface area contributed by atoms with Crippen LogP contribution in [-0.2, 0) is 11.2 Å². The third kappa shape index (κ3) is 4.90. The molecule has 1 fully saturated rings. The van der Waals surface area contributed by atoms with Crippen LogP contribution in [0.3, 0.4) is 0 Å². The van der Waals surface area contributed by atoms with E-state index in [1.54, 1.807) is 0 Å². The Balaban J connectivity index is 1.44. The van der Waals surface area contributed by atoms with Crippen LogP contribution in [0.15, 0.2) is 36.5 Å². The molecule has 188 valence electrons. The summed E-state index contributed by atoms with van der Waals surface area (Å²) in [6.07, 6.45) is 2.67. The smallest absolute Gasteiger partial charge is 0.216 e. The van der Waals surface area contributed by atoms with E-state index in [0.717, 1.165) is 28.6 Å². The molecule has 5 rings (SSSR count). The zero-order chi connectivity index (χ0) is 24.4. The van der Waals surface area contributed by atoms with Gasteiger partial charge in [-0.3, -0.25) is 9.29 Å². The minimum atomic E-state index is -1.45. The van der Waals surface area contributed by atoms with Crippen molar-refractivity contribution in [3.8, 4) is 5.88 Å². The Hall–Kier alpha value is -2.62. The first kappa shape index (κ1) is 24.1. The number of H-pyrrole nitrogens is 1. The van der Waals surface area contributed by atoms with Gasteiger partial charge in [0.2, 0.25) is 5.88 Å². The monoisotopic (exact) mass is 488 g/mol. The van der Waals surface area contributed by atoms with Gasteiger partial charge >= 0.3 is 0 Å². The zero-order valence-electron chi connectivity index (χ0n) is 19.8. The Bertz CT molecular complexity index is 1170. The first-order valence-electron chi connectivity index (χ1n) is 12.2. The van der Waals surface area contributed by atoms with Gasteiger partial charge in [-0.25, -0.2) is 13.8 Å². The Morgan fingerprint density at radius 1 is 1.29 bits per heavy atom. The summed E-state index contributed by atoms with van der Waals surface area (Å²) in [4.78, 5) is 9.86. The summed E-state index contributed by atoms with van der Waals surface area (Å²) in [5.74, 6) is -0.271. The van der Waals surface area contributed by atoms with Gasteiger partial charge in [-0.2, -0.15) is 0 Å². The molecular formula is C26H31F3N4O2. The van der Waals surface area contributed by atoms with Gasteiger partial charge in [0.25, 0.3) is 0 Å². The van der Waals surface area contributed by atoms with Crippen LogP contribution in [0.1, 0.15) is 36.2 Å². The SMILES string of the molecule is C[C@@H]1Cc2c([nH]c3ccccc23)[C@@H](c2cnc(OCCNCCCF)cc2F)N1CC1(F)COC1. The lowest BCUT2D eigenvalue weighted by Gasteiger charge is -2.46. The molecule has 1 aromatic carbocycles. The normalized spacial score (nSPS) is 21.6. The van der Waals surface area contributed by atoms with Gasteiger partial charge in [0.15, 0.2) is 5.67 Å². The summed E-state index contributed by atoms with van der Waals surface area (Å²) in [7, 11) is 0. The Kier molecular flexibility index (Phi) is 7.00. The predicted octanol–water partition coefficient (Wildman–Crippen LogP) is 4.10. The topological polar surface area (TPSA) is 62.4 Å². The number of rotatable bonds is 10. The number of pyridine rings is 1. The minimum absolute atomic E-state index is 0.00865. The highest BCUT2D eigenvalue weighted by atomic mass is 19.1. The molecule has 1 saturated heterocycles. The van der Waals surface area contributed by atoms with Crippen molar-refractivity contribution in [2.24, 2.45) is 0 Å². The van der Waals surface area contributed by atoms with Gasteiger partial charge in [0.1, 0.15) is 12.4 Å². The molecule has 9 heteroatoms. The van der Waals surface area contributed by atoms with E-state index in [1.807, 2.05) is 23.1 Å². The van der Waals surface area contributed by atoms with Crippen molar-refractivity contribution in [1.82, 2.24) is 20.2 Å². The van der Waals surface area contributed by atoms with Gasteiger partial charge in [-0.05, 0) is 37.9 Å². The molecule has 6 nitrogen and oxygen atoms in total.